The van der Waals surface area contributed by atoms with Gasteiger partial charge >= 0.3 is 12.1 Å². The highest BCUT2D eigenvalue weighted by atomic mass is 19.4. The summed E-state index contributed by atoms with van der Waals surface area (Å²) in [5, 5.41) is 8.09. The van der Waals surface area contributed by atoms with E-state index in [-0.39, 0.29) is 24.1 Å². The third-order valence-electron chi connectivity index (χ3n) is 6.73. The monoisotopic (exact) mass is 613 g/mol. The van der Waals surface area contributed by atoms with E-state index in [4.69, 9.17) is 9.47 Å². The van der Waals surface area contributed by atoms with Crippen molar-refractivity contribution >= 4 is 52.3 Å². The second kappa shape index (κ2) is 13.3. The molecule has 0 unspecified atom stereocenters. The maximum absolute atomic E-state index is 13.8. The maximum Gasteiger partial charge on any atom is 0.421 e. The van der Waals surface area contributed by atoms with Gasteiger partial charge in [0.05, 0.1) is 19.9 Å². The Morgan fingerprint density at radius 2 is 1.82 bits per heavy atom. The minimum absolute atomic E-state index is 0.150. The molecule has 3 N–H and O–H groups in total. The van der Waals surface area contributed by atoms with E-state index in [9.17, 15) is 27.6 Å². The summed E-state index contributed by atoms with van der Waals surface area (Å²) >= 11 is 0. The van der Waals surface area contributed by atoms with Gasteiger partial charge in [-0.2, -0.15) is 18.2 Å². The first-order valence-electron chi connectivity index (χ1n) is 13.2. The lowest BCUT2D eigenvalue weighted by molar-refractivity contribution is -0.152. The largest absolute Gasteiger partial charge is 0.494 e. The van der Waals surface area contributed by atoms with Crippen LogP contribution in [-0.4, -0.2) is 72.5 Å². The Hall–Kier alpha value is -5.34. The highest BCUT2D eigenvalue weighted by Crippen LogP contribution is 2.37. The predicted molar refractivity (Wildman–Crippen MR) is 157 cm³/mol. The van der Waals surface area contributed by atoms with E-state index < -0.39 is 35.5 Å². The molecule has 2 amide bonds. The number of ether oxygens (including phenoxy) is 2. The first-order valence-corrected chi connectivity index (χ1v) is 13.2. The number of hydrogen-bond acceptors (Lipinski definition) is 10. The molecule has 232 valence electrons. The Labute approximate surface area is 250 Å². The number of methoxy groups -OCH3 is 2. The molecule has 3 aromatic rings. The topological polar surface area (TPSA) is 138 Å². The van der Waals surface area contributed by atoms with Crippen LogP contribution in [0, 0.1) is 0 Å². The lowest BCUT2D eigenvalue weighted by Crippen LogP contribution is -2.58. The summed E-state index contributed by atoms with van der Waals surface area (Å²) in [6.07, 6.45) is -3.04. The molecule has 0 spiro atoms. The fourth-order valence-electron chi connectivity index (χ4n) is 4.58. The number of esters is 1. The van der Waals surface area contributed by atoms with E-state index >= 15 is 0 Å². The molecule has 2 heterocycles. The summed E-state index contributed by atoms with van der Waals surface area (Å²) in [6.45, 7) is 5.70. The van der Waals surface area contributed by atoms with Crippen molar-refractivity contribution in [3.05, 3.63) is 66.9 Å². The van der Waals surface area contributed by atoms with Crippen molar-refractivity contribution < 1.29 is 37.0 Å². The number of nitrogens with one attached hydrogen (secondary N) is 3. The molecule has 1 aliphatic rings. The van der Waals surface area contributed by atoms with E-state index in [1.807, 2.05) is 4.90 Å². The van der Waals surface area contributed by atoms with Gasteiger partial charge in [0.1, 0.15) is 23.2 Å². The molecular weight excluding hydrogens is 583 g/mol. The fourth-order valence-corrected chi connectivity index (χ4v) is 4.58. The van der Waals surface area contributed by atoms with Gasteiger partial charge in [-0.3, -0.25) is 9.59 Å². The number of rotatable bonds is 9. The molecule has 15 heteroatoms. The van der Waals surface area contributed by atoms with Crippen molar-refractivity contribution in [2.75, 3.05) is 54.7 Å². The number of carbonyl (C=O) groups excluding carboxylic acids is 3. The zero-order chi connectivity index (χ0) is 32.0. The van der Waals surface area contributed by atoms with E-state index in [1.165, 1.54) is 38.2 Å². The van der Waals surface area contributed by atoms with Crippen LogP contribution in [0.5, 0.6) is 5.75 Å². The van der Waals surface area contributed by atoms with Gasteiger partial charge in [0.25, 0.3) is 0 Å². The summed E-state index contributed by atoms with van der Waals surface area (Å²) < 4.78 is 51.9. The molecule has 4 rings (SSSR count). The molecule has 1 aromatic heterocycles. The van der Waals surface area contributed by atoms with E-state index in [1.54, 1.807) is 30.3 Å². The van der Waals surface area contributed by atoms with Crippen molar-refractivity contribution in [1.82, 2.24) is 14.9 Å². The molecule has 1 aliphatic heterocycles. The minimum Gasteiger partial charge on any atom is -0.494 e. The normalized spacial score (nSPS) is 14.8. The van der Waals surface area contributed by atoms with Gasteiger partial charge in [0.15, 0.2) is 0 Å². The Bertz CT molecular complexity index is 1570. The molecule has 1 fully saturated rings. The van der Waals surface area contributed by atoms with Gasteiger partial charge in [-0.1, -0.05) is 12.6 Å². The Balaban J connectivity index is 1.59. The van der Waals surface area contributed by atoms with Crippen LogP contribution in [0.25, 0.3) is 0 Å². The number of amides is 2. The second-order valence-electron chi connectivity index (χ2n) is 9.56. The van der Waals surface area contributed by atoms with Gasteiger partial charge in [0.2, 0.25) is 17.8 Å². The molecule has 0 bridgehead atoms. The first kappa shape index (κ1) is 31.6. The van der Waals surface area contributed by atoms with Gasteiger partial charge in [-0.05, 0) is 36.4 Å². The summed E-state index contributed by atoms with van der Waals surface area (Å²) in [5.74, 6) is -1.59. The average Bonchev–Trinajstić information content (AvgIpc) is 3.00. The molecule has 0 radical (unpaired) electrons. The van der Waals surface area contributed by atoms with Crippen LogP contribution in [0.2, 0.25) is 0 Å². The van der Waals surface area contributed by atoms with Crippen LogP contribution in [0.1, 0.15) is 12.5 Å². The zero-order valence-corrected chi connectivity index (χ0v) is 24.1. The Morgan fingerprint density at radius 1 is 1.07 bits per heavy atom. The van der Waals surface area contributed by atoms with Crippen LogP contribution in [0.4, 0.5) is 47.7 Å². The van der Waals surface area contributed by atoms with Gasteiger partial charge in [-0.15, -0.1) is 0 Å². The number of anilines is 6. The maximum atomic E-state index is 13.8. The standard InChI is InChI=1S/C29H30F3N7O5/c1-5-25(41)34-18-7-6-8-19(13-18)35-26-21(29(30,31)32)15-33-28(37-26)36-22-10-9-20(14-24(22)43-3)38-11-12-39(17(2)40)23(16-38)27(42)44-4/h5-10,13-15,23H,1,11-12,16H2,2-4H3,(H,34,41)(H2,33,35,36,37)/t23-/m0/s1. The van der Waals surface area contributed by atoms with Crippen LogP contribution in [0.3, 0.4) is 0 Å². The molecule has 1 atom stereocenters. The van der Waals surface area contributed by atoms with E-state index in [0.717, 1.165) is 6.08 Å². The van der Waals surface area contributed by atoms with Gasteiger partial charge in [-0.25, -0.2) is 9.78 Å². The molecular formula is C29H30F3N7O5. The van der Waals surface area contributed by atoms with Crippen LogP contribution >= 0.6 is 0 Å². The van der Waals surface area contributed by atoms with Crippen LogP contribution in [-0.2, 0) is 25.3 Å². The number of aromatic nitrogens is 2. The average molecular weight is 614 g/mol. The number of alkyl halides is 3. The Morgan fingerprint density at radius 3 is 2.48 bits per heavy atom. The highest BCUT2D eigenvalue weighted by Gasteiger charge is 2.36. The Kier molecular flexibility index (Phi) is 9.56. The smallest absolute Gasteiger partial charge is 0.421 e. The number of piperazine rings is 1. The van der Waals surface area contributed by atoms with Crippen molar-refractivity contribution in [1.29, 1.82) is 0 Å². The summed E-state index contributed by atoms with van der Waals surface area (Å²) in [4.78, 5) is 47.3. The van der Waals surface area contributed by atoms with Crippen molar-refractivity contribution in [3.8, 4) is 5.75 Å². The molecule has 0 saturated carbocycles. The fraction of sp³-hybridized carbons (Fsp3) is 0.276. The predicted octanol–water partition coefficient (Wildman–Crippen LogP) is 4.33. The molecule has 12 nitrogen and oxygen atoms in total. The number of nitrogens with zero attached hydrogens (tertiary/aromatic N) is 4. The molecule has 2 aromatic carbocycles. The quantitative estimate of drug-likeness (QED) is 0.236. The third-order valence-corrected chi connectivity index (χ3v) is 6.73. The minimum atomic E-state index is -4.76. The summed E-state index contributed by atoms with van der Waals surface area (Å²) in [6, 6.07) is 10.3. The summed E-state index contributed by atoms with van der Waals surface area (Å²) in [7, 11) is 2.68. The first-order chi connectivity index (χ1) is 20.9. The van der Waals surface area contributed by atoms with Crippen LogP contribution in [0.15, 0.2) is 61.3 Å². The highest BCUT2D eigenvalue weighted by molar-refractivity contribution is 5.99. The van der Waals surface area contributed by atoms with Gasteiger partial charge in [0, 0.05) is 55.9 Å². The van der Waals surface area contributed by atoms with Crippen molar-refractivity contribution in [3.63, 3.8) is 0 Å². The van der Waals surface area contributed by atoms with Crippen LogP contribution < -0.4 is 25.6 Å². The molecule has 1 saturated heterocycles. The third kappa shape index (κ3) is 7.35. The number of halogens is 3. The number of hydrogen-bond donors (Lipinski definition) is 3. The lowest BCUT2D eigenvalue weighted by Gasteiger charge is -2.40. The van der Waals surface area contributed by atoms with E-state index in [0.29, 0.717) is 42.1 Å². The molecule has 44 heavy (non-hydrogen) atoms. The van der Waals surface area contributed by atoms with Gasteiger partial charge < -0.3 is 35.2 Å². The number of carbonyl (C=O) groups is 3. The second-order valence-corrected chi connectivity index (χ2v) is 9.56. The summed E-state index contributed by atoms with van der Waals surface area (Å²) in [5.41, 5.74) is 0.521. The molecule has 0 aliphatic carbocycles. The zero-order valence-electron chi connectivity index (χ0n) is 24.1. The van der Waals surface area contributed by atoms with Crippen molar-refractivity contribution in [2.45, 2.75) is 19.1 Å². The van der Waals surface area contributed by atoms with Crippen molar-refractivity contribution in [2.24, 2.45) is 0 Å². The lowest BCUT2D eigenvalue weighted by atomic mass is 10.1. The SMILES string of the molecule is C=CC(=O)Nc1cccc(Nc2nc(Nc3ccc(N4CCN(C(C)=O)[C@H](C(=O)OC)C4)cc3OC)ncc2C(F)(F)F)c1. The van der Waals surface area contributed by atoms with E-state index in [2.05, 4.69) is 32.5 Å². The number of benzene rings is 2.